The van der Waals surface area contributed by atoms with Gasteiger partial charge in [0.25, 0.3) is 5.69 Å². The molecule has 0 radical (unpaired) electrons. The lowest BCUT2D eigenvalue weighted by molar-refractivity contribution is -0.384. The van der Waals surface area contributed by atoms with E-state index < -0.39 is 10.9 Å². The van der Waals surface area contributed by atoms with Crippen LogP contribution in [-0.2, 0) is 0 Å². The minimum Gasteiger partial charge on any atom is -0.478 e. The fourth-order valence-electron chi connectivity index (χ4n) is 2.04. The van der Waals surface area contributed by atoms with E-state index in [1.165, 1.54) is 18.2 Å². The molecule has 0 saturated heterocycles. The summed E-state index contributed by atoms with van der Waals surface area (Å²) in [5.74, 6) is -0.967. The Balaban J connectivity index is 2.28. The number of rotatable bonds is 4. The molecule has 0 heterocycles. The summed E-state index contributed by atoms with van der Waals surface area (Å²) in [4.78, 5) is 21.2. The molecule has 0 atom stereocenters. The van der Waals surface area contributed by atoms with E-state index in [0.717, 1.165) is 16.9 Å². The number of aromatic carboxylic acids is 1. The van der Waals surface area contributed by atoms with Gasteiger partial charge in [0.2, 0.25) is 0 Å². The average Bonchev–Trinajstić information content (AvgIpc) is 2.40. The lowest BCUT2D eigenvalue weighted by Crippen LogP contribution is -2.01. The Kier molecular flexibility index (Phi) is 3.89. The van der Waals surface area contributed by atoms with Crippen molar-refractivity contribution >= 4 is 23.0 Å². The van der Waals surface area contributed by atoms with E-state index >= 15 is 0 Å². The number of nitro benzene ring substituents is 1. The van der Waals surface area contributed by atoms with Gasteiger partial charge in [-0.2, -0.15) is 0 Å². The Hall–Kier alpha value is -2.89. The van der Waals surface area contributed by atoms with Crippen molar-refractivity contribution in [1.82, 2.24) is 0 Å². The molecule has 0 bridgehead atoms. The molecule has 108 valence electrons. The van der Waals surface area contributed by atoms with Gasteiger partial charge in [-0.25, -0.2) is 4.79 Å². The number of nitro groups is 1. The van der Waals surface area contributed by atoms with Crippen molar-refractivity contribution in [2.45, 2.75) is 13.8 Å². The van der Waals surface area contributed by atoms with Gasteiger partial charge in [-0.05, 0) is 49.2 Å². The van der Waals surface area contributed by atoms with Gasteiger partial charge in [0.05, 0.1) is 10.5 Å². The molecular formula is C15H14N2O4. The summed E-state index contributed by atoms with van der Waals surface area (Å²) < 4.78 is 0. The summed E-state index contributed by atoms with van der Waals surface area (Å²) in [5.41, 5.74) is 3.14. The standard InChI is InChI=1S/C15H14N2O4/c1-9-7-11(3-5-13(9)15(18)19)16-14-6-4-12(17(20)21)8-10(14)2/h3-8,16H,1-2H3,(H,18,19). The van der Waals surface area contributed by atoms with Gasteiger partial charge in [0.1, 0.15) is 0 Å². The first-order valence-corrected chi connectivity index (χ1v) is 6.24. The molecule has 0 saturated carbocycles. The Morgan fingerprint density at radius 3 is 2.38 bits per heavy atom. The van der Waals surface area contributed by atoms with Crippen molar-refractivity contribution in [3.05, 3.63) is 63.2 Å². The summed E-state index contributed by atoms with van der Waals surface area (Å²) in [5, 5.41) is 22.8. The zero-order valence-corrected chi connectivity index (χ0v) is 11.6. The number of aryl methyl sites for hydroxylation is 2. The van der Waals surface area contributed by atoms with Gasteiger partial charge in [0, 0.05) is 23.5 Å². The van der Waals surface area contributed by atoms with Crippen LogP contribution >= 0.6 is 0 Å². The molecule has 0 aliphatic heterocycles. The number of nitrogens with one attached hydrogen (secondary N) is 1. The molecule has 0 aromatic heterocycles. The lowest BCUT2D eigenvalue weighted by atomic mass is 10.1. The first-order valence-electron chi connectivity index (χ1n) is 6.24. The number of carboxylic acid groups (broad SMARTS) is 1. The predicted molar refractivity (Wildman–Crippen MR) is 79.3 cm³/mol. The number of benzene rings is 2. The fraction of sp³-hybridized carbons (Fsp3) is 0.133. The second kappa shape index (κ2) is 5.62. The number of anilines is 2. The van der Waals surface area contributed by atoms with Crippen molar-refractivity contribution in [2.75, 3.05) is 5.32 Å². The SMILES string of the molecule is Cc1cc([N+](=O)[O-])ccc1Nc1ccc(C(=O)O)c(C)c1. The monoisotopic (exact) mass is 286 g/mol. The minimum absolute atomic E-state index is 0.0375. The molecule has 0 amide bonds. The second-order valence-electron chi connectivity index (χ2n) is 4.72. The first kappa shape index (κ1) is 14.5. The molecule has 0 aliphatic carbocycles. The smallest absolute Gasteiger partial charge is 0.335 e. The lowest BCUT2D eigenvalue weighted by Gasteiger charge is -2.11. The molecule has 6 nitrogen and oxygen atoms in total. The fourth-order valence-corrected chi connectivity index (χ4v) is 2.04. The van der Waals surface area contributed by atoms with E-state index in [2.05, 4.69) is 5.32 Å². The van der Waals surface area contributed by atoms with E-state index in [9.17, 15) is 14.9 Å². The number of nitrogens with zero attached hydrogens (tertiary/aromatic N) is 1. The van der Waals surface area contributed by atoms with Gasteiger partial charge in [0.15, 0.2) is 0 Å². The van der Waals surface area contributed by atoms with Crippen LogP contribution in [0.3, 0.4) is 0 Å². The Bertz CT molecular complexity index is 726. The van der Waals surface area contributed by atoms with Crippen LogP contribution in [0.25, 0.3) is 0 Å². The molecule has 0 fully saturated rings. The molecule has 2 aromatic rings. The van der Waals surface area contributed by atoms with Crippen LogP contribution < -0.4 is 5.32 Å². The highest BCUT2D eigenvalue weighted by Gasteiger charge is 2.10. The highest BCUT2D eigenvalue weighted by Crippen LogP contribution is 2.25. The highest BCUT2D eigenvalue weighted by atomic mass is 16.6. The van der Waals surface area contributed by atoms with Crippen molar-refractivity contribution in [3.63, 3.8) is 0 Å². The number of hydrogen-bond acceptors (Lipinski definition) is 4. The maximum Gasteiger partial charge on any atom is 0.335 e. The van der Waals surface area contributed by atoms with Crippen LogP contribution in [0.1, 0.15) is 21.5 Å². The molecule has 2 aromatic carbocycles. The van der Waals surface area contributed by atoms with Gasteiger partial charge in [-0.15, -0.1) is 0 Å². The maximum atomic E-state index is 11.0. The van der Waals surface area contributed by atoms with Crippen LogP contribution in [0.2, 0.25) is 0 Å². The third-order valence-electron chi connectivity index (χ3n) is 3.16. The van der Waals surface area contributed by atoms with E-state index in [1.807, 2.05) is 0 Å². The molecule has 2 rings (SSSR count). The van der Waals surface area contributed by atoms with Gasteiger partial charge in [-0.3, -0.25) is 10.1 Å². The van der Waals surface area contributed by atoms with Crippen molar-refractivity contribution in [2.24, 2.45) is 0 Å². The van der Waals surface area contributed by atoms with E-state index in [0.29, 0.717) is 5.56 Å². The summed E-state index contributed by atoms with van der Waals surface area (Å²) in [7, 11) is 0. The summed E-state index contributed by atoms with van der Waals surface area (Å²) in [6, 6.07) is 9.46. The van der Waals surface area contributed by atoms with Gasteiger partial charge < -0.3 is 10.4 Å². The maximum absolute atomic E-state index is 11.0. The zero-order chi connectivity index (χ0) is 15.6. The summed E-state index contributed by atoms with van der Waals surface area (Å²) in [6.45, 7) is 3.49. The number of carboxylic acids is 1. The molecule has 0 aliphatic rings. The average molecular weight is 286 g/mol. The number of non-ortho nitro benzene ring substituents is 1. The van der Waals surface area contributed by atoms with Gasteiger partial charge >= 0.3 is 5.97 Å². The van der Waals surface area contributed by atoms with Crippen LogP contribution in [0, 0.1) is 24.0 Å². The van der Waals surface area contributed by atoms with Crippen molar-refractivity contribution in [1.29, 1.82) is 0 Å². The predicted octanol–water partition coefficient (Wildman–Crippen LogP) is 3.65. The Labute approximate surface area is 121 Å². The third-order valence-corrected chi connectivity index (χ3v) is 3.16. The normalized spacial score (nSPS) is 10.2. The van der Waals surface area contributed by atoms with Gasteiger partial charge in [-0.1, -0.05) is 0 Å². The Morgan fingerprint density at radius 2 is 1.86 bits per heavy atom. The van der Waals surface area contributed by atoms with Crippen molar-refractivity contribution < 1.29 is 14.8 Å². The topological polar surface area (TPSA) is 92.5 Å². The van der Waals surface area contributed by atoms with Crippen LogP contribution in [0.4, 0.5) is 17.1 Å². The van der Waals surface area contributed by atoms with E-state index in [-0.39, 0.29) is 11.3 Å². The van der Waals surface area contributed by atoms with Crippen LogP contribution in [-0.4, -0.2) is 16.0 Å². The molecule has 0 spiro atoms. The highest BCUT2D eigenvalue weighted by molar-refractivity contribution is 5.90. The third kappa shape index (κ3) is 3.17. The number of hydrogen-bond donors (Lipinski definition) is 2. The first-order chi connectivity index (χ1) is 9.88. The minimum atomic E-state index is -0.967. The van der Waals surface area contributed by atoms with Crippen LogP contribution in [0.5, 0.6) is 0 Å². The zero-order valence-electron chi connectivity index (χ0n) is 11.6. The largest absolute Gasteiger partial charge is 0.478 e. The van der Waals surface area contributed by atoms with E-state index in [4.69, 9.17) is 5.11 Å². The second-order valence-corrected chi connectivity index (χ2v) is 4.72. The number of carbonyl (C=O) groups is 1. The van der Waals surface area contributed by atoms with Crippen LogP contribution in [0.15, 0.2) is 36.4 Å². The quantitative estimate of drug-likeness (QED) is 0.661. The molecular weight excluding hydrogens is 272 g/mol. The molecule has 21 heavy (non-hydrogen) atoms. The Morgan fingerprint density at radius 1 is 1.14 bits per heavy atom. The molecule has 0 unspecified atom stereocenters. The van der Waals surface area contributed by atoms with E-state index in [1.54, 1.807) is 32.0 Å². The summed E-state index contributed by atoms with van der Waals surface area (Å²) in [6.07, 6.45) is 0. The molecule has 6 heteroatoms. The molecule has 2 N–H and O–H groups in total. The van der Waals surface area contributed by atoms with Crippen molar-refractivity contribution in [3.8, 4) is 0 Å². The summed E-state index contributed by atoms with van der Waals surface area (Å²) >= 11 is 0.